The Kier molecular flexibility index (Phi) is 6.30. The number of hydrogen-bond acceptors (Lipinski definition) is 5. The van der Waals surface area contributed by atoms with Gasteiger partial charge in [-0.2, -0.15) is 0 Å². The Morgan fingerprint density at radius 3 is 2.65 bits per heavy atom. The minimum Gasteiger partial charge on any atom is -0.489 e. The zero-order valence-electron chi connectivity index (χ0n) is 17.8. The van der Waals surface area contributed by atoms with E-state index in [9.17, 15) is 9.18 Å². The van der Waals surface area contributed by atoms with E-state index in [2.05, 4.69) is 10.2 Å². The molecule has 0 fully saturated rings. The van der Waals surface area contributed by atoms with E-state index < -0.39 is 0 Å². The molecule has 7 heteroatoms. The van der Waals surface area contributed by atoms with Crippen molar-refractivity contribution >= 4 is 5.97 Å². The number of hydrogen-bond donors (Lipinski definition) is 0. The van der Waals surface area contributed by atoms with E-state index in [1.54, 1.807) is 10.9 Å². The number of rotatable bonds is 7. The lowest BCUT2D eigenvalue weighted by atomic mass is 9.90. The summed E-state index contributed by atoms with van der Waals surface area (Å²) in [4.78, 5) is 11.9. The molecule has 0 amide bonds. The topological polar surface area (TPSA) is 66.2 Å². The average molecular weight is 423 g/mol. The normalized spacial score (nSPS) is 14.0. The third-order valence-corrected chi connectivity index (χ3v) is 5.88. The standard InChI is InChI=1S/C24H26FN3O3/c1-28-15-26-27-24(28)21(13-22(29)30-2)17-9-11-19(12-10-17)31-14-18-8-7-16-5-3-4-6-20(16)23(18)25/h7-12,15,21H,3-6,13-14H2,1-2H3. The van der Waals surface area contributed by atoms with Crippen LogP contribution in [0.4, 0.5) is 4.39 Å². The third kappa shape index (κ3) is 4.60. The molecular formula is C24H26FN3O3. The molecule has 4 rings (SSSR count). The van der Waals surface area contributed by atoms with Crippen LogP contribution in [0.2, 0.25) is 0 Å². The number of aromatic nitrogens is 3. The summed E-state index contributed by atoms with van der Waals surface area (Å²) in [7, 11) is 3.21. The fourth-order valence-electron chi connectivity index (χ4n) is 4.12. The lowest BCUT2D eigenvalue weighted by Crippen LogP contribution is -2.14. The number of ether oxygens (including phenoxy) is 2. The zero-order valence-corrected chi connectivity index (χ0v) is 17.8. The summed E-state index contributed by atoms with van der Waals surface area (Å²) in [5.74, 6) is 0.573. The first-order valence-electron chi connectivity index (χ1n) is 10.5. The van der Waals surface area contributed by atoms with Crippen molar-refractivity contribution in [3.05, 3.63) is 76.6 Å². The van der Waals surface area contributed by atoms with Gasteiger partial charge in [0.25, 0.3) is 0 Å². The number of esters is 1. The van der Waals surface area contributed by atoms with Crippen LogP contribution in [0.1, 0.15) is 53.3 Å². The van der Waals surface area contributed by atoms with Gasteiger partial charge < -0.3 is 14.0 Å². The first-order chi connectivity index (χ1) is 15.1. The summed E-state index contributed by atoms with van der Waals surface area (Å²) in [5.41, 5.74) is 3.44. The Balaban J connectivity index is 1.48. The molecule has 1 aliphatic carbocycles. The number of nitrogens with zero attached hydrogens (tertiary/aromatic N) is 3. The molecule has 3 aromatic rings. The molecule has 0 saturated carbocycles. The van der Waals surface area contributed by atoms with E-state index in [0.717, 1.165) is 42.4 Å². The summed E-state index contributed by atoms with van der Waals surface area (Å²) in [6, 6.07) is 11.3. The van der Waals surface area contributed by atoms with Crippen LogP contribution in [-0.4, -0.2) is 27.8 Å². The first kappa shape index (κ1) is 21.0. The van der Waals surface area contributed by atoms with Crippen molar-refractivity contribution in [2.45, 2.75) is 44.6 Å². The Labute approximate surface area is 181 Å². The van der Waals surface area contributed by atoms with E-state index in [1.807, 2.05) is 43.4 Å². The molecule has 6 nitrogen and oxygen atoms in total. The molecule has 1 atom stereocenters. The van der Waals surface area contributed by atoms with Crippen LogP contribution >= 0.6 is 0 Å². The Bertz CT molecular complexity index is 1060. The van der Waals surface area contributed by atoms with Gasteiger partial charge in [-0.1, -0.05) is 24.3 Å². The fraction of sp³-hybridized carbons (Fsp3) is 0.375. The van der Waals surface area contributed by atoms with Crippen LogP contribution in [0.3, 0.4) is 0 Å². The fourth-order valence-corrected chi connectivity index (χ4v) is 4.12. The smallest absolute Gasteiger partial charge is 0.306 e. The van der Waals surface area contributed by atoms with Crippen LogP contribution in [0.25, 0.3) is 0 Å². The van der Waals surface area contributed by atoms with Gasteiger partial charge in [0.1, 0.15) is 30.3 Å². The number of methoxy groups -OCH3 is 1. The summed E-state index contributed by atoms with van der Waals surface area (Å²) < 4.78 is 27.3. The van der Waals surface area contributed by atoms with E-state index in [0.29, 0.717) is 17.1 Å². The van der Waals surface area contributed by atoms with Gasteiger partial charge in [-0.3, -0.25) is 4.79 Å². The highest BCUT2D eigenvalue weighted by Crippen LogP contribution is 2.29. The van der Waals surface area contributed by atoms with Crippen molar-refractivity contribution in [1.82, 2.24) is 14.8 Å². The van der Waals surface area contributed by atoms with Crippen LogP contribution < -0.4 is 4.74 Å². The summed E-state index contributed by atoms with van der Waals surface area (Å²) in [5, 5.41) is 8.08. The largest absolute Gasteiger partial charge is 0.489 e. The van der Waals surface area contributed by atoms with Crippen LogP contribution in [0.15, 0.2) is 42.7 Å². The minimum atomic E-state index is -0.323. The molecule has 2 aromatic carbocycles. The maximum absolute atomic E-state index is 14.8. The molecule has 162 valence electrons. The number of carbonyl (C=O) groups excluding carboxylic acids is 1. The van der Waals surface area contributed by atoms with Gasteiger partial charge in [-0.05, 0) is 54.5 Å². The van der Waals surface area contributed by atoms with Gasteiger partial charge >= 0.3 is 5.97 Å². The first-order valence-corrected chi connectivity index (χ1v) is 10.5. The molecule has 0 N–H and O–H groups in total. The highest BCUT2D eigenvalue weighted by molar-refractivity contribution is 5.71. The van der Waals surface area contributed by atoms with Crippen LogP contribution in [-0.2, 0) is 36.0 Å². The number of carbonyl (C=O) groups is 1. The summed E-state index contributed by atoms with van der Waals surface area (Å²) in [6.45, 7) is 0.174. The molecule has 31 heavy (non-hydrogen) atoms. The number of aryl methyl sites for hydroxylation is 2. The molecular weight excluding hydrogens is 397 g/mol. The molecule has 1 aliphatic rings. The average Bonchev–Trinajstić information content (AvgIpc) is 3.23. The molecule has 1 heterocycles. The van der Waals surface area contributed by atoms with Crippen LogP contribution in [0, 0.1) is 5.82 Å². The van der Waals surface area contributed by atoms with Gasteiger partial charge in [-0.15, -0.1) is 10.2 Å². The second-order valence-corrected chi connectivity index (χ2v) is 7.87. The van der Waals surface area contributed by atoms with Gasteiger partial charge in [0.05, 0.1) is 19.4 Å². The van der Waals surface area contributed by atoms with Crippen molar-refractivity contribution in [3.63, 3.8) is 0 Å². The SMILES string of the molecule is COC(=O)CC(c1ccc(OCc2ccc3c(c2F)CCCC3)cc1)c1nncn1C. The second-order valence-electron chi connectivity index (χ2n) is 7.87. The Morgan fingerprint density at radius 2 is 1.94 bits per heavy atom. The van der Waals surface area contributed by atoms with E-state index in [1.165, 1.54) is 7.11 Å². The van der Waals surface area contributed by atoms with Crippen LogP contribution in [0.5, 0.6) is 5.75 Å². The van der Waals surface area contributed by atoms with Gasteiger partial charge in [-0.25, -0.2) is 4.39 Å². The van der Waals surface area contributed by atoms with Gasteiger partial charge in [0.15, 0.2) is 0 Å². The molecule has 0 bridgehead atoms. The highest BCUT2D eigenvalue weighted by atomic mass is 19.1. The van der Waals surface area contributed by atoms with Gasteiger partial charge in [0.2, 0.25) is 0 Å². The molecule has 0 spiro atoms. The molecule has 0 aliphatic heterocycles. The molecule has 1 unspecified atom stereocenters. The van der Waals surface area contributed by atoms with Crippen molar-refractivity contribution < 1.29 is 18.7 Å². The van der Waals surface area contributed by atoms with E-state index >= 15 is 0 Å². The summed E-state index contributed by atoms with van der Waals surface area (Å²) >= 11 is 0. The lowest BCUT2D eigenvalue weighted by Gasteiger charge is -2.18. The zero-order chi connectivity index (χ0) is 21.8. The number of fused-ring (bicyclic) bond motifs is 1. The molecule has 0 radical (unpaired) electrons. The monoisotopic (exact) mass is 423 g/mol. The van der Waals surface area contributed by atoms with E-state index in [-0.39, 0.29) is 30.7 Å². The maximum Gasteiger partial charge on any atom is 0.306 e. The second kappa shape index (κ2) is 9.29. The van der Waals surface area contributed by atoms with Crippen molar-refractivity contribution in [3.8, 4) is 5.75 Å². The van der Waals surface area contributed by atoms with Crippen molar-refractivity contribution in [2.24, 2.45) is 7.05 Å². The molecule has 1 aromatic heterocycles. The van der Waals surface area contributed by atoms with E-state index in [4.69, 9.17) is 9.47 Å². The lowest BCUT2D eigenvalue weighted by molar-refractivity contribution is -0.140. The molecule has 0 saturated heterocycles. The highest BCUT2D eigenvalue weighted by Gasteiger charge is 2.23. The predicted octanol–water partition coefficient (Wildman–Crippen LogP) is 4.11. The Hall–Kier alpha value is -3.22. The quantitative estimate of drug-likeness (QED) is 0.535. The van der Waals surface area contributed by atoms with Crippen molar-refractivity contribution in [1.29, 1.82) is 0 Å². The maximum atomic E-state index is 14.8. The Morgan fingerprint density at radius 1 is 1.16 bits per heavy atom. The predicted molar refractivity (Wildman–Crippen MR) is 113 cm³/mol. The van der Waals surface area contributed by atoms with Crippen molar-refractivity contribution in [2.75, 3.05) is 7.11 Å². The number of benzene rings is 2. The number of halogens is 1. The third-order valence-electron chi connectivity index (χ3n) is 5.88. The van der Waals surface area contributed by atoms with Gasteiger partial charge in [0, 0.05) is 12.6 Å². The summed E-state index contributed by atoms with van der Waals surface area (Å²) in [6.07, 6.45) is 5.67. The minimum absolute atomic E-state index is 0.130.